The minimum atomic E-state index is -0.216. The number of nitrogens with zero attached hydrogens (tertiary/aromatic N) is 1. The lowest BCUT2D eigenvalue weighted by Gasteiger charge is -2.35. The number of piperidine rings is 1. The summed E-state index contributed by atoms with van der Waals surface area (Å²) < 4.78 is 31.7. The van der Waals surface area contributed by atoms with Crippen LogP contribution < -0.4 is 14.2 Å². The molecule has 2 heterocycles. The Bertz CT molecular complexity index is 740. The van der Waals surface area contributed by atoms with Crippen molar-refractivity contribution in [1.82, 2.24) is 4.42 Å². The Kier molecular flexibility index (Phi) is 4.68. The van der Waals surface area contributed by atoms with E-state index < -0.39 is 0 Å². The SMILES string of the molecule is Fc1ccc([C@@H]2CCN(Cl)C[C@H]2COc2ccc3c(c2)OCO3)cc1. The first-order valence-corrected chi connectivity index (χ1v) is 8.71. The zero-order chi connectivity index (χ0) is 17.2. The molecule has 0 radical (unpaired) electrons. The first-order chi connectivity index (χ1) is 12.2. The minimum absolute atomic E-state index is 0.216. The van der Waals surface area contributed by atoms with Gasteiger partial charge in [0.1, 0.15) is 11.6 Å². The van der Waals surface area contributed by atoms with Gasteiger partial charge in [-0.15, -0.1) is 0 Å². The largest absolute Gasteiger partial charge is 0.493 e. The highest BCUT2D eigenvalue weighted by atomic mass is 35.5. The monoisotopic (exact) mass is 363 g/mol. The van der Waals surface area contributed by atoms with E-state index in [4.69, 9.17) is 26.0 Å². The van der Waals surface area contributed by atoms with Crippen LogP contribution in [0.15, 0.2) is 42.5 Å². The Morgan fingerprint density at radius 2 is 1.92 bits per heavy atom. The van der Waals surface area contributed by atoms with Crippen molar-refractivity contribution in [2.24, 2.45) is 5.92 Å². The molecule has 1 fully saturated rings. The van der Waals surface area contributed by atoms with Gasteiger partial charge in [0, 0.05) is 25.1 Å². The number of benzene rings is 2. The zero-order valence-electron chi connectivity index (χ0n) is 13.7. The van der Waals surface area contributed by atoms with E-state index in [2.05, 4.69) is 0 Å². The highest BCUT2D eigenvalue weighted by Crippen LogP contribution is 2.37. The molecule has 0 bridgehead atoms. The summed E-state index contributed by atoms with van der Waals surface area (Å²) in [6, 6.07) is 12.3. The van der Waals surface area contributed by atoms with E-state index in [0.29, 0.717) is 18.3 Å². The molecule has 0 unspecified atom stereocenters. The summed E-state index contributed by atoms with van der Waals surface area (Å²) in [5.41, 5.74) is 1.13. The third-order valence-electron chi connectivity index (χ3n) is 4.79. The van der Waals surface area contributed by atoms with E-state index in [1.54, 1.807) is 4.42 Å². The predicted molar refractivity (Wildman–Crippen MR) is 92.7 cm³/mol. The van der Waals surface area contributed by atoms with Crippen molar-refractivity contribution >= 4 is 11.8 Å². The van der Waals surface area contributed by atoms with Crippen LogP contribution in [-0.2, 0) is 0 Å². The molecule has 4 nitrogen and oxygen atoms in total. The normalized spacial score (nSPS) is 22.8. The van der Waals surface area contributed by atoms with E-state index in [0.717, 1.165) is 36.6 Å². The number of ether oxygens (including phenoxy) is 3. The van der Waals surface area contributed by atoms with Gasteiger partial charge in [-0.05, 0) is 53.9 Å². The van der Waals surface area contributed by atoms with Crippen LogP contribution >= 0.6 is 11.8 Å². The molecule has 2 aromatic carbocycles. The molecule has 2 aliphatic heterocycles. The third-order valence-corrected chi connectivity index (χ3v) is 5.10. The maximum Gasteiger partial charge on any atom is 0.231 e. The van der Waals surface area contributed by atoms with E-state index in [1.165, 1.54) is 12.1 Å². The molecule has 2 atom stereocenters. The summed E-state index contributed by atoms with van der Waals surface area (Å²) in [6.45, 7) is 2.32. The smallest absolute Gasteiger partial charge is 0.231 e. The van der Waals surface area contributed by atoms with Crippen LogP contribution in [0.2, 0.25) is 0 Å². The van der Waals surface area contributed by atoms with Gasteiger partial charge in [0.25, 0.3) is 0 Å². The predicted octanol–water partition coefficient (Wildman–Crippen LogP) is 4.19. The molecule has 25 heavy (non-hydrogen) atoms. The van der Waals surface area contributed by atoms with Crippen molar-refractivity contribution in [3.8, 4) is 17.2 Å². The highest BCUT2D eigenvalue weighted by molar-refractivity contribution is 6.13. The Morgan fingerprint density at radius 3 is 2.76 bits per heavy atom. The van der Waals surface area contributed by atoms with E-state index in [1.807, 2.05) is 30.3 Å². The summed E-state index contributed by atoms with van der Waals surface area (Å²) in [6.07, 6.45) is 0.921. The van der Waals surface area contributed by atoms with Gasteiger partial charge < -0.3 is 14.2 Å². The fourth-order valence-corrected chi connectivity index (χ4v) is 3.75. The second-order valence-corrected chi connectivity index (χ2v) is 6.88. The van der Waals surface area contributed by atoms with Gasteiger partial charge in [-0.3, -0.25) is 0 Å². The number of rotatable bonds is 4. The Balaban J connectivity index is 1.47. The highest BCUT2D eigenvalue weighted by Gasteiger charge is 2.30. The topological polar surface area (TPSA) is 30.9 Å². The average Bonchev–Trinajstić information content (AvgIpc) is 3.09. The van der Waals surface area contributed by atoms with Gasteiger partial charge in [-0.25, -0.2) is 8.81 Å². The molecule has 0 saturated carbocycles. The second-order valence-electron chi connectivity index (χ2n) is 6.40. The molecular formula is C19H19ClFNO3. The molecule has 2 aliphatic rings. The van der Waals surface area contributed by atoms with Gasteiger partial charge in [0.2, 0.25) is 6.79 Å². The zero-order valence-corrected chi connectivity index (χ0v) is 14.4. The van der Waals surface area contributed by atoms with Crippen molar-refractivity contribution in [1.29, 1.82) is 0 Å². The number of hydrogen-bond donors (Lipinski definition) is 0. The summed E-state index contributed by atoms with van der Waals surface area (Å²) in [5, 5.41) is 0. The van der Waals surface area contributed by atoms with Crippen LogP contribution in [0.25, 0.3) is 0 Å². The fraction of sp³-hybridized carbons (Fsp3) is 0.368. The van der Waals surface area contributed by atoms with Gasteiger partial charge in [0.15, 0.2) is 11.5 Å². The van der Waals surface area contributed by atoms with Crippen LogP contribution in [0.4, 0.5) is 4.39 Å². The van der Waals surface area contributed by atoms with Crippen molar-refractivity contribution in [2.75, 3.05) is 26.5 Å². The lowest BCUT2D eigenvalue weighted by molar-refractivity contribution is 0.159. The van der Waals surface area contributed by atoms with Crippen LogP contribution in [0.5, 0.6) is 17.2 Å². The van der Waals surface area contributed by atoms with E-state index in [-0.39, 0.29) is 18.5 Å². The van der Waals surface area contributed by atoms with Crippen LogP contribution in [-0.4, -0.2) is 30.9 Å². The van der Waals surface area contributed by atoms with Gasteiger partial charge in [-0.2, -0.15) is 0 Å². The van der Waals surface area contributed by atoms with Gasteiger partial charge in [-0.1, -0.05) is 12.1 Å². The quantitative estimate of drug-likeness (QED) is 0.762. The van der Waals surface area contributed by atoms with Crippen LogP contribution in [0.1, 0.15) is 17.9 Å². The lowest BCUT2D eigenvalue weighted by Crippen LogP contribution is -2.37. The van der Waals surface area contributed by atoms with Crippen molar-refractivity contribution in [3.05, 3.63) is 53.8 Å². The third kappa shape index (κ3) is 3.67. The number of halogens is 2. The molecule has 4 rings (SSSR count). The maximum atomic E-state index is 13.2. The second kappa shape index (κ2) is 7.10. The molecule has 0 amide bonds. The van der Waals surface area contributed by atoms with Crippen LogP contribution in [0.3, 0.4) is 0 Å². The Morgan fingerprint density at radius 1 is 1.12 bits per heavy atom. The summed E-state index contributed by atoms with van der Waals surface area (Å²) in [7, 11) is 0. The molecule has 0 aromatic heterocycles. The fourth-order valence-electron chi connectivity index (χ4n) is 3.48. The first-order valence-electron chi connectivity index (χ1n) is 8.38. The number of hydrogen-bond acceptors (Lipinski definition) is 4. The first kappa shape index (κ1) is 16.5. The molecule has 0 spiro atoms. The summed E-state index contributed by atoms with van der Waals surface area (Å²) >= 11 is 6.23. The average molecular weight is 364 g/mol. The Hall–Kier alpha value is -1.98. The molecule has 0 N–H and O–H groups in total. The summed E-state index contributed by atoms with van der Waals surface area (Å²) in [4.78, 5) is 0. The number of fused-ring (bicyclic) bond motifs is 1. The molecule has 0 aliphatic carbocycles. The molecule has 132 valence electrons. The van der Waals surface area contributed by atoms with E-state index in [9.17, 15) is 4.39 Å². The van der Waals surface area contributed by atoms with Crippen LogP contribution in [0, 0.1) is 11.7 Å². The van der Waals surface area contributed by atoms with Crippen molar-refractivity contribution in [2.45, 2.75) is 12.3 Å². The molecule has 6 heteroatoms. The summed E-state index contributed by atoms with van der Waals surface area (Å²) in [5.74, 6) is 2.49. The standard InChI is InChI=1S/C19H19ClFNO3/c20-22-8-7-17(13-1-3-15(21)4-2-13)14(10-22)11-23-16-5-6-18-19(9-16)25-12-24-18/h1-6,9,14,17H,7-8,10-12H2/t14-,17-/m0/s1. The lowest BCUT2D eigenvalue weighted by atomic mass is 9.81. The van der Waals surface area contributed by atoms with Crippen molar-refractivity contribution in [3.63, 3.8) is 0 Å². The maximum absolute atomic E-state index is 13.2. The van der Waals surface area contributed by atoms with E-state index >= 15 is 0 Å². The molecular weight excluding hydrogens is 345 g/mol. The van der Waals surface area contributed by atoms with Crippen molar-refractivity contribution < 1.29 is 18.6 Å². The molecule has 1 saturated heterocycles. The van der Waals surface area contributed by atoms with Gasteiger partial charge in [0.05, 0.1) is 6.61 Å². The van der Waals surface area contributed by atoms with Gasteiger partial charge >= 0.3 is 0 Å². The molecule has 2 aromatic rings. The minimum Gasteiger partial charge on any atom is -0.493 e. The Labute approximate surface area is 151 Å².